The molecule has 6 atom stereocenters. The highest BCUT2D eigenvalue weighted by molar-refractivity contribution is 7.98. The van der Waals surface area contributed by atoms with Crippen molar-refractivity contribution in [3.63, 3.8) is 0 Å². The first kappa shape index (κ1) is 52.7. The van der Waals surface area contributed by atoms with Crippen LogP contribution in [0, 0.1) is 0 Å². The summed E-state index contributed by atoms with van der Waals surface area (Å²) < 4.78 is 0. The van der Waals surface area contributed by atoms with Crippen LogP contribution in [0.25, 0.3) is 0 Å². The lowest BCUT2D eigenvalue weighted by Crippen LogP contribution is -2.59. The van der Waals surface area contributed by atoms with Crippen LogP contribution < -0.4 is 66.3 Å². The zero-order chi connectivity index (χ0) is 44.4. The molecule has 0 aromatic rings. The van der Waals surface area contributed by atoms with E-state index in [0.29, 0.717) is 11.5 Å². The van der Waals surface area contributed by atoms with E-state index < -0.39 is 95.3 Å². The van der Waals surface area contributed by atoms with Crippen molar-refractivity contribution in [1.29, 1.82) is 0 Å². The fourth-order valence-electron chi connectivity index (χ4n) is 5.07. The summed E-state index contributed by atoms with van der Waals surface area (Å²) in [5, 5.41) is 15.0. The molecule has 0 aliphatic heterocycles. The summed E-state index contributed by atoms with van der Waals surface area (Å²) in [4.78, 5) is 130. The van der Waals surface area contributed by atoms with Crippen LogP contribution >= 0.6 is 23.5 Å². The molecule has 0 spiro atoms. The summed E-state index contributed by atoms with van der Waals surface area (Å²) in [5.74, 6) is -7.51. The molecule has 0 bridgehead atoms. The van der Waals surface area contributed by atoms with Crippen LogP contribution in [-0.4, -0.2) is 132 Å². The van der Waals surface area contributed by atoms with E-state index in [0.717, 1.165) is 6.92 Å². The molecule has 0 aliphatic rings. The minimum atomic E-state index is -1.45. The van der Waals surface area contributed by atoms with E-state index in [4.69, 9.17) is 34.4 Å². The smallest absolute Gasteiger partial charge is 0.243 e. The highest BCUT2D eigenvalue weighted by Gasteiger charge is 2.33. The number of rotatable bonds is 31. The van der Waals surface area contributed by atoms with Gasteiger partial charge in [0.1, 0.15) is 36.3 Å². The standard InChI is InChI=1S/C33H59N13O10S2/c1-17(47)41-20(7-10-25(35)49)29(53)44-21(8-11-26(36)50)30(54)46-23(13-16-58-3)32(56)43-19(5-4-14-40-33(38)39)28(52)45-22(12-15-57-2)31(55)42-18(27(37)51)6-9-24(34)48/h18-23H,4-16H2,1-3H3,(H2,34,48)(H2,35,49)(H2,36,50)(H2,37,51)(H,41,47)(H,42,55)(H,43,56)(H,44,53)(H,45,52)(H,46,54)(H4,38,39,40)/t18-,19-,20-,21-,22-,23-/m0/s1. The molecule has 18 N–H and O–H groups in total. The number of carbonyl (C=O) groups excluding carboxylic acids is 10. The highest BCUT2D eigenvalue weighted by Crippen LogP contribution is 2.10. The number of hydrogen-bond donors (Lipinski definition) is 12. The summed E-state index contributed by atoms with van der Waals surface area (Å²) >= 11 is 2.70. The number of primary amides is 4. The van der Waals surface area contributed by atoms with Crippen molar-refractivity contribution in [2.45, 2.75) is 107 Å². The lowest BCUT2D eigenvalue weighted by atomic mass is 10.1. The maximum Gasteiger partial charge on any atom is 0.243 e. The molecule has 0 radical (unpaired) electrons. The Morgan fingerprint density at radius 3 is 1.09 bits per heavy atom. The summed E-state index contributed by atoms with van der Waals surface area (Å²) in [7, 11) is 0. The van der Waals surface area contributed by atoms with Crippen molar-refractivity contribution in [1.82, 2.24) is 31.9 Å². The maximum atomic E-state index is 13.9. The Balaban J connectivity index is 6.49. The lowest BCUT2D eigenvalue weighted by molar-refractivity contribution is -0.135. The molecular weight excluding hydrogens is 803 g/mol. The van der Waals surface area contributed by atoms with Gasteiger partial charge in [0.2, 0.25) is 59.1 Å². The Morgan fingerprint density at radius 2 is 0.776 bits per heavy atom. The quantitative estimate of drug-likeness (QED) is 0.0176. The molecule has 0 aromatic heterocycles. The Morgan fingerprint density at radius 1 is 0.466 bits per heavy atom. The van der Waals surface area contributed by atoms with E-state index in [1.807, 2.05) is 0 Å². The lowest BCUT2D eigenvalue weighted by Gasteiger charge is -2.27. The van der Waals surface area contributed by atoms with E-state index in [1.165, 1.54) is 23.5 Å². The number of hydrogen-bond acceptors (Lipinski definition) is 13. The topological polar surface area (TPSA) is 411 Å². The van der Waals surface area contributed by atoms with Crippen molar-refractivity contribution < 1.29 is 47.9 Å². The molecule has 0 rings (SSSR count). The second kappa shape index (κ2) is 29.0. The SMILES string of the molecule is CSCC[C@H](NC(=O)[C@H](CCCN=C(N)N)NC(=O)[C@H](CCSC)NC(=O)[C@H](CCC(N)=O)NC(=O)[C@H](CCC(N)=O)NC(C)=O)C(=O)N[C@@H](CCC(N)=O)C(N)=O. The number of thioether (sulfide) groups is 2. The van der Waals surface area contributed by atoms with E-state index in [2.05, 4.69) is 36.9 Å². The fourth-order valence-corrected chi connectivity index (χ4v) is 6.01. The molecule has 25 heteroatoms. The molecule has 58 heavy (non-hydrogen) atoms. The minimum absolute atomic E-state index is 0.0310. The summed E-state index contributed by atoms with van der Waals surface area (Å²) in [6, 6.07) is -7.85. The molecule has 10 amide bonds. The number of nitrogens with zero attached hydrogens (tertiary/aromatic N) is 1. The first-order valence-corrected chi connectivity index (χ1v) is 21.0. The molecule has 0 aromatic carbocycles. The molecule has 0 saturated heterocycles. The number of amides is 10. The summed E-state index contributed by atoms with van der Waals surface area (Å²) in [5.41, 5.74) is 31.9. The van der Waals surface area contributed by atoms with Gasteiger partial charge in [-0.2, -0.15) is 23.5 Å². The van der Waals surface area contributed by atoms with Crippen LogP contribution in [0.15, 0.2) is 4.99 Å². The predicted octanol–water partition coefficient (Wildman–Crippen LogP) is -5.24. The molecule has 0 unspecified atom stereocenters. The van der Waals surface area contributed by atoms with Crippen molar-refractivity contribution in [2.75, 3.05) is 30.6 Å². The van der Waals surface area contributed by atoms with Gasteiger partial charge in [-0.25, -0.2) is 0 Å². The molecule has 0 aliphatic carbocycles. The van der Waals surface area contributed by atoms with Crippen molar-refractivity contribution in [2.24, 2.45) is 39.4 Å². The molecular formula is C33H59N13O10S2. The van der Waals surface area contributed by atoms with Crippen LogP contribution in [0.5, 0.6) is 0 Å². The van der Waals surface area contributed by atoms with Gasteiger partial charge >= 0.3 is 0 Å². The van der Waals surface area contributed by atoms with Gasteiger partial charge in [-0.1, -0.05) is 0 Å². The molecule has 0 heterocycles. The third-order valence-electron chi connectivity index (χ3n) is 8.09. The number of nitrogens with one attached hydrogen (secondary N) is 6. The van der Waals surface area contributed by atoms with Gasteiger partial charge in [-0.3, -0.25) is 52.9 Å². The van der Waals surface area contributed by atoms with Gasteiger partial charge in [0.25, 0.3) is 0 Å². The van der Waals surface area contributed by atoms with Crippen molar-refractivity contribution in [3.8, 4) is 0 Å². The normalized spacial score (nSPS) is 13.8. The van der Waals surface area contributed by atoms with E-state index in [9.17, 15) is 47.9 Å². The Labute approximate surface area is 345 Å². The van der Waals surface area contributed by atoms with Gasteiger partial charge < -0.3 is 66.3 Å². The van der Waals surface area contributed by atoms with E-state index >= 15 is 0 Å². The average molecular weight is 862 g/mol. The number of guanidine groups is 1. The first-order valence-electron chi connectivity index (χ1n) is 18.2. The predicted molar refractivity (Wildman–Crippen MR) is 218 cm³/mol. The zero-order valence-electron chi connectivity index (χ0n) is 33.0. The maximum absolute atomic E-state index is 13.9. The van der Waals surface area contributed by atoms with E-state index in [1.54, 1.807) is 12.5 Å². The van der Waals surface area contributed by atoms with Gasteiger partial charge in [-0.05, 0) is 69.0 Å². The van der Waals surface area contributed by atoms with Gasteiger partial charge in [0.05, 0.1) is 0 Å². The Bertz CT molecular complexity index is 1480. The molecule has 0 saturated carbocycles. The summed E-state index contributed by atoms with van der Waals surface area (Å²) in [6.07, 6.45) is 2.19. The Kier molecular flexibility index (Phi) is 26.3. The van der Waals surface area contributed by atoms with Gasteiger partial charge in [0.15, 0.2) is 5.96 Å². The van der Waals surface area contributed by atoms with Crippen LogP contribution in [0.1, 0.15) is 71.1 Å². The second-order valence-corrected chi connectivity index (χ2v) is 15.0. The van der Waals surface area contributed by atoms with Crippen LogP contribution in [0.4, 0.5) is 0 Å². The summed E-state index contributed by atoms with van der Waals surface area (Å²) in [6.45, 7) is 1.20. The third kappa shape index (κ3) is 23.7. The van der Waals surface area contributed by atoms with Crippen molar-refractivity contribution in [3.05, 3.63) is 0 Å². The van der Waals surface area contributed by atoms with Gasteiger partial charge in [-0.15, -0.1) is 0 Å². The Hall–Kier alpha value is -5.33. The van der Waals surface area contributed by atoms with Gasteiger partial charge in [0, 0.05) is 32.7 Å². The number of carbonyl (C=O) groups is 10. The molecule has 0 fully saturated rings. The molecule has 23 nitrogen and oxygen atoms in total. The van der Waals surface area contributed by atoms with E-state index in [-0.39, 0.29) is 76.7 Å². The monoisotopic (exact) mass is 861 g/mol. The minimum Gasteiger partial charge on any atom is -0.370 e. The fraction of sp³-hybridized carbons (Fsp3) is 0.667. The van der Waals surface area contributed by atoms with Crippen molar-refractivity contribution >= 4 is 88.6 Å². The van der Waals surface area contributed by atoms with Crippen LogP contribution in [0.2, 0.25) is 0 Å². The van der Waals surface area contributed by atoms with Crippen LogP contribution in [0.3, 0.4) is 0 Å². The highest BCUT2D eigenvalue weighted by atomic mass is 32.2. The van der Waals surface area contributed by atoms with Crippen LogP contribution in [-0.2, 0) is 47.9 Å². The zero-order valence-corrected chi connectivity index (χ0v) is 34.6. The third-order valence-corrected chi connectivity index (χ3v) is 9.38. The number of nitrogens with two attached hydrogens (primary N) is 6. The number of aliphatic imine (C=N–C) groups is 1. The second-order valence-electron chi connectivity index (χ2n) is 13.0. The first-order chi connectivity index (χ1) is 27.2. The average Bonchev–Trinajstić information content (AvgIpc) is 3.13. The molecule has 328 valence electrons. The largest absolute Gasteiger partial charge is 0.370 e.